The zero-order chi connectivity index (χ0) is 18.2. The Labute approximate surface area is 135 Å². The van der Waals surface area contributed by atoms with E-state index in [2.05, 4.69) is 0 Å². The fourth-order valence-corrected chi connectivity index (χ4v) is 2.79. The van der Waals surface area contributed by atoms with E-state index in [1.165, 1.54) is 19.2 Å². The number of alkyl halides is 3. The first-order chi connectivity index (χ1) is 11.1. The first-order valence-corrected chi connectivity index (χ1v) is 7.02. The predicted octanol–water partition coefficient (Wildman–Crippen LogP) is 2.04. The first-order valence-electron chi connectivity index (χ1n) is 7.02. The van der Waals surface area contributed by atoms with Crippen molar-refractivity contribution in [3.05, 3.63) is 23.3 Å². The maximum atomic E-state index is 13.0. The van der Waals surface area contributed by atoms with Crippen LogP contribution in [0.15, 0.2) is 12.1 Å². The summed E-state index contributed by atoms with van der Waals surface area (Å²) >= 11 is 0. The van der Waals surface area contributed by atoms with Gasteiger partial charge >= 0.3 is 12.1 Å². The SMILES string of the molecule is COc1cc(C)cc(C(=O)N2C[C@@H](C(F)(F)F)[C@H](C(=O)O)C2)c1O. The quantitative estimate of drug-likeness (QED) is 0.874. The maximum Gasteiger partial charge on any atom is 0.394 e. The zero-order valence-electron chi connectivity index (χ0n) is 12.9. The maximum absolute atomic E-state index is 13.0. The van der Waals surface area contributed by atoms with Gasteiger partial charge < -0.3 is 19.8 Å². The van der Waals surface area contributed by atoms with Crippen LogP contribution >= 0.6 is 0 Å². The smallest absolute Gasteiger partial charge is 0.394 e. The van der Waals surface area contributed by atoms with Gasteiger partial charge in [0, 0.05) is 13.1 Å². The van der Waals surface area contributed by atoms with Crippen molar-refractivity contribution in [3.63, 3.8) is 0 Å². The Balaban J connectivity index is 2.35. The summed E-state index contributed by atoms with van der Waals surface area (Å²) in [5.41, 5.74) is 0.341. The predicted molar refractivity (Wildman–Crippen MR) is 76.0 cm³/mol. The molecule has 2 rings (SSSR count). The van der Waals surface area contributed by atoms with E-state index in [1.807, 2.05) is 0 Å². The Hall–Kier alpha value is -2.45. The van der Waals surface area contributed by atoms with Crippen molar-refractivity contribution in [2.75, 3.05) is 20.2 Å². The number of aryl methyl sites for hydroxylation is 1. The number of phenols is 1. The largest absolute Gasteiger partial charge is 0.504 e. The van der Waals surface area contributed by atoms with Crippen LogP contribution in [0.2, 0.25) is 0 Å². The molecule has 1 aliphatic heterocycles. The monoisotopic (exact) mass is 347 g/mol. The number of halogens is 3. The average Bonchev–Trinajstić information content (AvgIpc) is 2.94. The summed E-state index contributed by atoms with van der Waals surface area (Å²) in [7, 11) is 1.28. The number of hydrogen-bond donors (Lipinski definition) is 2. The third-order valence-electron chi connectivity index (χ3n) is 4.01. The van der Waals surface area contributed by atoms with E-state index in [4.69, 9.17) is 9.84 Å². The summed E-state index contributed by atoms with van der Waals surface area (Å²) in [4.78, 5) is 24.4. The second-order valence-corrected chi connectivity index (χ2v) is 5.67. The van der Waals surface area contributed by atoms with E-state index in [0.717, 1.165) is 4.90 Å². The van der Waals surface area contributed by atoms with Gasteiger partial charge in [-0.05, 0) is 24.6 Å². The number of carbonyl (C=O) groups excluding carboxylic acids is 1. The fourth-order valence-electron chi connectivity index (χ4n) is 2.79. The number of phenolic OH excluding ortho intramolecular Hbond substituents is 1. The Morgan fingerprint density at radius 3 is 2.38 bits per heavy atom. The second kappa shape index (κ2) is 6.21. The van der Waals surface area contributed by atoms with Crippen molar-refractivity contribution in [2.24, 2.45) is 11.8 Å². The van der Waals surface area contributed by atoms with Crippen molar-refractivity contribution in [2.45, 2.75) is 13.1 Å². The summed E-state index contributed by atoms with van der Waals surface area (Å²) < 4.78 is 43.9. The molecular weight excluding hydrogens is 331 g/mol. The van der Waals surface area contributed by atoms with Crippen molar-refractivity contribution in [1.82, 2.24) is 4.90 Å². The lowest BCUT2D eigenvalue weighted by Crippen LogP contribution is -2.34. The lowest BCUT2D eigenvalue weighted by molar-refractivity contribution is -0.187. The summed E-state index contributed by atoms with van der Waals surface area (Å²) in [6, 6.07) is 2.78. The van der Waals surface area contributed by atoms with Crippen LogP contribution in [0.3, 0.4) is 0 Å². The van der Waals surface area contributed by atoms with Crippen LogP contribution in [-0.4, -0.2) is 53.4 Å². The van der Waals surface area contributed by atoms with Gasteiger partial charge in [-0.2, -0.15) is 13.2 Å². The van der Waals surface area contributed by atoms with Crippen molar-refractivity contribution in [3.8, 4) is 11.5 Å². The molecule has 132 valence electrons. The van der Waals surface area contributed by atoms with Crippen molar-refractivity contribution < 1.29 is 37.7 Å². The molecule has 1 amide bonds. The van der Waals surface area contributed by atoms with Crippen molar-refractivity contribution in [1.29, 1.82) is 0 Å². The molecule has 2 atom stereocenters. The third-order valence-corrected chi connectivity index (χ3v) is 4.01. The minimum Gasteiger partial charge on any atom is -0.504 e. The average molecular weight is 347 g/mol. The molecule has 1 heterocycles. The molecule has 0 aromatic heterocycles. The van der Waals surface area contributed by atoms with Gasteiger partial charge in [0.25, 0.3) is 5.91 Å². The molecule has 1 fully saturated rings. The number of methoxy groups -OCH3 is 1. The number of aliphatic carboxylic acids is 1. The number of carboxylic acids is 1. The minimum atomic E-state index is -4.73. The minimum absolute atomic E-state index is 0.0136. The first kappa shape index (κ1) is 17.9. The molecule has 1 saturated heterocycles. The van der Waals surface area contributed by atoms with Crippen molar-refractivity contribution >= 4 is 11.9 Å². The van der Waals surface area contributed by atoms with Crippen LogP contribution in [0.25, 0.3) is 0 Å². The molecular formula is C15H16F3NO5. The van der Waals surface area contributed by atoms with Crippen LogP contribution in [0.5, 0.6) is 11.5 Å². The van der Waals surface area contributed by atoms with Gasteiger partial charge in [-0.15, -0.1) is 0 Å². The molecule has 24 heavy (non-hydrogen) atoms. The normalized spacial score (nSPS) is 21.0. The van der Waals surface area contributed by atoms with E-state index in [1.54, 1.807) is 6.92 Å². The number of amides is 1. The Morgan fingerprint density at radius 2 is 1.92 bits per heavy atom. The Bertz CT molecular complexity index is 674. The van der Waals surface area contributed by atoms with Gasteiger partial charge in [-0.25, -0.2) is 0 Å². The summed E-state index contributed by atoms with van der Waals surface area (Å²) in [5.74, 6) is -6.84. The highest BCUT2D eigenvalue weighted by atomic mass is 19.4. The molecule has 0 spiro atoms. The fraction of sp³-hybridized carbons (Fsp3) is 0.467. The number of nitrogens with zero attached hydrogens (tertiary/aromatic N) is 1. The third kappa shape index (κ3) is 3.24. The summed E-state index contributed by atoms with van der Waals surface area (Å²) in [5, 5.41) is 19.0. The standard InChI is InChI=1S/C15H16F3NO5/c1-7-3-8(12(20)11(4-7)24-2)13(21)19-5-9(14(22)23)10(6-19)15(16,17)18/h3-4,9-10,20H,5-6H2,1-2H3,(H,22,23)/t9-,10-/m1/s1. The number of hydrogen-bond acceptors (Lipinski definition) is 4. The lowest BCUT2D eigenvalue weighted by Gasteiger charge is -2.19. The van der Waals surface area contributed by atoms with Gasteiger partial charge in [-0.1, -0.05) is 0 Å². The van der Waals surface area contributed by atoms with Gasteiger partial charge in [0.15, 0.2) is 11.5 Å². The zero-order valence-corrected chi connectivity index (χ0v) is 12.9. The highest BCUT2D eigenvalue weighted by Gasteiger charge is 2.53. The van der Waals surface area contributed by atoms with Crippen LogP contribution in [-0.2, 0) is 4.79 Å². The molecule has 9 heteroatoms. The number of carboxylic acid groups (broad SMARTS) is 1. The molecule has 6 nitrogen and oxygen atoms in total. The number of aromatic hydroxyl groups is 1. The molecule has 0 unspecified atom stereocenters. The number of carbonyl (C=O) groups is 2. The van der Waals surface area contributed by atoms with E-state index >= 15 is 0 Å². The molecule has 2 N–H and O–H groups in total. The van der Waals surface area contributed by atoms with Gasteiger partial charge in [0.05, 0.1) is 24.5 Å². The lowest BCUT2D eigenvalue weighted by atomic mass is 9.96. The summed E-state index contributed by atoms with van der Waals surface area (Å²) in [6.45, 7) is 0.282. The molecule has 1 aromatic carbocycles. The molecule has 0 radical (unpaired) electrons. The molecule has 1 aromatic rings. The van der Waals surface area contributed by atoms with E-state index in [9.17, 15) is 27.9 Å². The number of likely N-dealkylation sites (tertiary alicyclic amines) is 1. The highest BCUT2D eigenvalue weighted by molar-refractivity contribution is 5.98. The van der Waals surface area contributed by atoms with Gasteiger partial charge in [0.2, 0.25) is 0 Å². The van der Waals surface area contributed by atoms with Gasteiger partial charge in [0.1, 0.15) is 0 Å². The van der Waals surface area contributed by atoms with E-state index < -0.39 is 48.7 Å². The molecule has 0 aliphatic carbocycles. The topological polar surface area (TPSA) is 87.1 Å². The number of benzene rings is 1. The Morgan fingerprint density at radius 1 is 1.29 bits per heavy atom. The highest BCUT2D eigenvalue weighted by Crippen LogP contribution is 2.39. The van der Waals surface area contributed by atoms with Crippen LogP contribution in [0, 0.1) is 18.8 Å². The van der Waals surface area contributed by atoms with Crippen LogP contribution in [0.4, 0.5) is 13.2 Å². The number of ether oxygens (including phenoxy) is 1. The second-order valence-electron chi connectivity index (χ2n) is 5.67. The molecule has 0 bridgehead atoms. The van der Waals surface area contributed by atoms with Crippen LogP contribution < -0.4 is 4.74 Å². The van der Waals surface area contributed by atoms with Crippen LogP contribution in [0.1, 0.15) is 15.9 Å². The van der Waals surface area contributed by atoms with Gasteiger partial charge in [-0.3, -0.25) is 9.59 Å². The van der Waals surface area contributed by atoms with E-state index in [0.29, 0.717) is 5.56 Å². The molecule has 1 aliphatic rings. The Kier molecular flexibility index (Phi) is 4.63. The summed E-state index contributed by atoms with van der Waals surface area (Å²) in [6.07, 6.45) is -4.73. The van der Waals surface area contributed by atoms with E-state index in [-0.39, 0.29) is 11.3 Å². The molecule has 0 saturated carbocycles. The number of rotatable bonds is 3.